The van der Waals surface area contributed by atoms with Crippen LogP contribution in [0.5, 0.6) is 5.75 Å². The van der Waals surface area contributed by atoms with Gasteiger partial charge in [-0.05, 0) is 74.6 Å². The summed E-state index contributed by atoms with van der Waals surface area (Å²) in [4.78, 5) is 40.9. The third kappa shape index (κ3) is 9.59. The Hall–Kier alpha value is -4.33. The van der Waals surface area contributed by atoms with Gasteiger partial charge in [-0.15, -0.1) is 0 Å². The average molecular weight is 599 g/mol. The van der Waals surface area contributed by atoms with Crippen molar-refractivity contribution >= 4 is 17.8 Å². The van der Waals surface area contributed by atoms with Gasteiger partial charge in [-0.1, -0.05) is 85.8 Å². The van der Waals surface area contributed by atoms with Crippen LogP contribution in [0.25, 0.3) is 0 Å². The van der Waals surface area contributed by atoms with Gasteiger partial charge in [0.15, 0.2) is 6.61 Å². The van der Waals surface area contributed by atoms with Gasteiger partial charge in [0.25, 0.3) is 5.91 Å². The molecule has 0 spiro atoms. The van der Waals surface area contributed by atoms with Gasteiger partial charge in [0.1, 0.15) is 11.8 Å². The van der Waals surface area contributed by atoms with Gasteiger partial charge in [-0.25, -0.2) is 4.79 Å². The van der Waals surface area contributed by atoms with Crippen LogP contribution in [0.3, 0.4) is 0 Å². The quantitative estimate of drug-likeness (QED) is 0.226. The second-order valence-corrected chi connectivity index (χ2v) is 11.6. The van der Waals surface area contributed by atoms with Crippen LogP contribution in [0.1, 0.15) is 54.9 Å². The molecule has 8 heteroatoms. The predicted octanol–water partition coefficient (Wildman–Crippen LogP) is 5.11. The Labute approximate surface area is 261 Å². The maximum atomic E-state index is 13.6. The van der Waals surface area contributed by atoms with E-state index in [0.717, 1.165) is 34.4 Å². The van der Waals surface area contributed by atoms with Crippen molar-refractivity contribution in [1.29, 1.82) is 0 Å². The van der Waals surface area contributed by atoms with Crippen LogP contribution >= 0.6 is 0 Å². The number of amides is 4. The number of carbonyl (C=O) groups excluding carboxylic acids is 3. The van der Waals surface area contributed by atoms with Gasteiger partial charge in [-0.2, -0.15) is 0 Å². The molecule has 0 radical (unpaired) electrons. The van der Waals surface area contributed by atoms with E-state index in [2.05, 4.69) is 40.2 Å². The number of benzene rings is 3. The summed E-state index contributed by atoms with van der Waals surface area (Å²) in [6.45, 7) is 7.01. The van der Waals surface area contributed by atoms with Crippen molar-refractivity contribution < 1.29 is 19.1 Å². The number of rotatable bonds is 15. The van der Waals surface area contributed by atoms with E-state index in [1.165, 1.54) is 0 Å². The Balaban J connectivity index is 1.46. The molecule has 1 fully saturated rings. The molecule has 0 saturated carbocycles. The number of nitrogens with one attached hydrogen (secondary N) is 3. The molecular formula is C36H46N4O4. The topological polar surface area (TPSA) is 99.8 Å². The fraction of sp³-hybridized carbons (Fsp3) is 0.417. The lowest BCUT2D eigenvalue weighted by atomic mass is 9.95. The summed E-state index contributed by atoms with van der Waals surface area (Å²) in [7, 11) is 0. The van der Waals surface area contributed by atoms with Gasteiger partial charge in [0, 0.05) is 25.2 Å². The van der Waals surface area contributed by atoms with Crippen molar-refractivity contribution in [2.45, 2.75) is 77.4 Å². The lowest BCUT2D eigenvalue weighted by Gasteiger charge is -2.34. The van der Waals surface area contributed by atoms with Crippen molar-refractivity contribution in [1.82, 2.24) is 20.9 Å². The van der Waals surface area contributed by atoms with Crippen LogP contribution in [0.2, 0.25) is 0 Å². The fourth-order valence-electron chi connectivity index (χ4n) is 5.87. The number of hydrogen-bond acceptors (Lipinski definition) is 4. The number of para-hydroxylation sites is 1. The van der Waals surface area contributed by atoms with Gasteiger partial charge >= 0.3 is 6.03 Å². The van der Waals surface area contributed by atoms with Gasteiger partial charge in [-0.3, -0.25) is 9.59 Å². The van der Waals surface area contributed by atoms with Crippen LogP contribution in [-0.4, -0.2) is 60.6 Å². The van der Waals surface area contributed by atoms with Crippen LogP contribution in [0.4, 0.5) is 4.79 Å². The number of nitrogens with zero attached hydrogens (tertiary/aromatic N) is 1. The highest BCUT2D eigenvalue weighted by molar-refractivity contribution is 5.87. The molecule has 1 unspecified atom stereocenters. The molecule has 0 bridgehead atoms. The smallest absolute Gasteiger partial charge is 0.318 e. The minimum atomic E-state index is -0.532. The Morgan fingerprint density at radius 1 is 0.841 bits per heavy atom. The second-order valence-electron chi connectivity index (χ2n) is 11.6. The first-order chi connectivity index (χ1) is 21.3. The first-order valence-electron chi connectivity index (χ1n) is 15.7. The minimum Gasteiger partial charge on any atom is -0.483 e. The zero-order chi connectivity index (χ0) is 31.3. The molecule has 3 atom stereocenters. The molecule has 234 valence electrons. The second kappa shape index (κ2) is 16.5. The Morgan fingerprint density at radius 3 is 1.95 bits per heavy atom. The predicted molar refractivity (Wildman–Crippen MR) is 174 cm³/mol. The lowest BCUT2D eigenvalue weighted by molar-refractivity contribution is -0.127. The molecule has 1 aliphatic heterocycles. The van der Waals surface area contributed by atoms with Crippen molar-refractivity contribution in [2.75, 3.05) is 19.7 Å². The lowest BCUT2D eigenvalue weighted by Crippen LogP contribution is -2.57. The molecule has 3 aromatic carbocycles. The molecule has 0 aliphatic carbocycles. The summed E-state index contributed by atoms with van der Waals surface area (Å²) < 4.78 is 5.94. The minimum absolute atomic E-state index is 0.0722. The highest BCUT2D eigenvalue weighted by atomic mass is 16.5. The number of urea groups is 1. The average Bonchev–Trinajstić information content (AvgIpc) is 3.02. The van der Waals surface area contributed by atoms with Crippen molar-refractivity contribution in [2.24, 2.45) is 0 Å². The fourth-order valence-corrected chi connectivity index (χ4v) is 5.87. The Kier molecular flexibility index (Phi) is 12.2. The molecule has 44 heavy (non-hydrogen) atoms. The first-order valence-corrected chi connectivity index (χ1v) is 15.7. The Bertz CT molecular complexity index is 1340. The normalized spacial score (nSPS) is 15.1. The molecule has 3 aromatic rings. The monoisotopic (exact) mass is 598 g/mol. The molecule has 0 aromatic heterocycles. The van der Waals surface area contributed by atoms with Crippen molar-refractivity contribution in [3.8, 4) is 5.75 Å². The first kappa shape index (κ1) is 32.6. The molecule has 8 nitrogen and oxygen atoms in total. The van der Waals surface area contributed by atoms with E-state index in [1.54, 1.807) is 4.90 Å². The summed E-state index contributed by atoms with van der Waals surface area (Å²) in [6, 6.07) is 25.1. The maximum absolute atomic E-state index is 13.6. The van der Waals surface area contributed by atoms with Crippen LogP contribution in [-0.2, 0) is 22.4 Å². The largest absolute Gasteiger partial charge is 0.483 e. The number of carbonyl (C=O) groups is 3. The van der Waals surface area contributed by atoms with E-state index >= 15 is 0 Å². The molecule has 1 aliphatic rings. The molecule has 1 saturated heterocycles. The zero-order valence-electron chi connectivity index (χ0n) is 26.2. The number of aryl methyl sites for hydroxylation is 2. The molecule has 3 N–H and O–H groups in total. The third-order valence-electron chi connectivity index (χ3n) is 8.16. The molecular weight excluding hydrogens is 552 g/mol. The number of hydrogen-bond donors (Lipinski definition) is 3. The van der Waals surface area contributed by atoms with E-state index in [0.29, 0.717) is 45.2 Å². The summed E-state index contributed by atoms with van der Waals surface area (Å²) in [6.07, 6.45) is 3.97. The van der Waals surface area contributed by atoms with E-state index < -0.39 is 6.04 Å². The van der Waals surface area contributed by atoms with Gasteiger partial charge < -0.3 is 25.6 Å². The van der Waals surface area contributed by atoms with Crippen LogP contribution in [0.15, 0.2) is 78.9 Å². The molecule has 4 rings (SSSR count). The van der Waals surface area contributed by atoms with Crippen LogP contribution in [0, 0.1) is 13.8 Å². The van der Waals surface area contributed by atoms with Crippen LogP contribution < -0.4 is 20.7 Å². The van der Waals surface area contributed by atoms with Gasteiger partial charge in [0.2, 0.25) is 5.91 Å². The zero-order valence-corrected chi connectivity index (χ0v) is 26.2. The van der Waals surface area contributed by atoms with E-state index in [1.807, 2.05) is 75.4 Å². The number of ether oxygens (including phenoxy) is 1. The maximum Gasteiger partial charge on any atom is 0.318 e. The Morgan fingerprint density at radius 2 is 1.41 bits per heavy atom. The standard InChI is InChI=1S/C36H46N4O4/c1-4-32(40-22-12-21-37-36(40)43)35(42)39-31(24-29-17-9-6-10-18-29)20-19-30(23-28-15-7-5-8-16-28)38-33(41)25-44-34-26(2)13-11-14-27(34)3/h5-11,13-18,30-32H,4,12,19-25H2,1-3H3,(H,37,43)(H,38,41)(H,39,42)/t30-,31-,32?/m1/s1. The van der Waals surface area contributed by atoms with E-state index in [4.69, 9.17) is 4.74 Å². The summed E-state index contributed by atoms with van der Waals surface area (Å²) in [5.74, 6) is 0.413. The third-order valence-corrected chi connectivity index (χ3v) is 8.16. The molecule has 1 heterocycles. The van der Waals surface area contributed by atoms with Gasteiger partial charge in [0.05, 0.1) is 0 Å². The summed E-state index contributed by atoms with van der Waals surface area (Å²) >= 11 is 0. The van der Waals surface area contributed by atoms with E-state index in [-0.39, 0.29) is 36.5 Å². The summed E-state index contributed by atoms with van der Waals surface area (Å²) in [5.41, 5.74) is 4.22. The highest BCUT2D eigenvalue weighted by Crippen LogP contribution is 2.22. The SMILES string of the molecule is CCC(C(=O)N[C@H](CC[C@H](Cc1ccccc1)NC(=O)COc1c(C)cccc1C)Cc1ccccc1)N1CCCNC1=O. The molecule has 4 amide bonds. The summed E-state index contributed by atoms with van der Waals surface area (Å²) in [5, 5.41) is 9.33. The highest BCUT2D eigenvalue weighted by Gasteiger charge is 2.31. The van der Waals surface area contributed by atoms with Crippen molar-refractivity contribution in [3.63, 3.8) is 0 Å². The van der Waals surface area contributed by atoms with Crippen molar-refractivity contribution in [3.05, 3.63) is 101 Å². The van der Waals surface area contributed by atoms with E-state index in [9.17, 15) is 14.4 Å².